The fraction of sp³-hybridized carbons (Fsp3) is 0.545. The van der Waals surface area contributed by atoms with Crippen LogP contribution in [0.3, 0.4) is 0 Å². The Hall–Kier alpha value is -2.70. The van der Waals surface area contributed by atoms with Gasteiger partial charge in [0.2, 0.25) is 5.91 Å². The van der Waals surface area contributed by atoms with Gasteiger partial charge in [-0.25, -0.2) is 4.68 Å². The Kier molecular flexibility index (Phi) is 4.81. The average molecular weight is 393 g/mol. The first kappa shape index (κ1) is 18.3. The van der Waals surface area contributed by atoms with Crippen molar-refractivity contribution < 1.29 is 9.59 Å². The third-order valence-corrected chi connectivity index (χ3v) is 6.44. The maximum Gasteiger partial charge on any atom is 0.273 e. The Labute approximate surface area is 170 Å². The number of nitrogens with zero attached hydrogens (tertiary/aromatic N) is 4. The highest BCUT2D eigenvalue weighted by molar-refractivity contribution is 5.93. The minimum absolute atomic E-state index is 0.180. The molecule has 2 aliphatic carbocycles. The van der Waals surface area contributed by atoms with Crippen molar-refractivity contribution in [2.45, 2.75) is 56.9 Å². The van der Waals surface area contributed by atoms with Crippen molar-refractivity contribution in [3.63, 3.8) is 0 Å². The first-order valence-corrected chi connectivity index (χ1v) is 10.8. The maximum absolute atomic E-state index is 12.9. The smallest absolute Gasteiger partial charge is 0.273 e. The van der Waals surface area contributed by atoms with E-state index in [0.29, 0.717) is 30.6 Å². The third kappa shape index (κ3) is 3.66. The fourth-order valence-corrected chi connectivity index (χ4v) is 4.77. The lowest BCUT2D eigenvalue weighted by Crippen LogP contribution is -2.36. The van der Waals surface area contributed by atoms with E-state index >= 15 is 0 Å². The topological polar surface area (TPSA) is 80.1 Å². The zero-order chi connectivity index (χ0) is 19.8. The van der Waals surface area contributed by atoms with Gasteiger partial charge in [0.1, 0.15) is 0 Å². The predicted octanol–water partition coefficient (Wildman–Crippen LogP) is 2.67. The summed E-state index contributed by atoms with van der Waals surface area (Å²) in [6.07, 6.45) is 7.34. The average Bonchev–Trinajstić information content (AvgIpc) is 3.13. The summed E-state index contributed by atoms with van der Waals surface area (Å²) in [5.74, 6) is 0.586. The van der Waals surface area contributed by atoms with Crippen molar-refractivity contribution in [2.24, 2.45) is 5.92 Å². The molecular formula is C22H27N5O2. The molecule has 0 spiro atoms. The van der Waals surface area contributed by atoms with E-state index in [9.17, 15) is 9.59 Å². The minimum atomic E-state index is -0.180. The van der Waals surface area contributed by atoms with Crippen molar-refractivity contribution >= 4 is 11.8 Å². The van der Waals surface area contributed by atoms with Crippen LogP contribution in [0.1, 0.15) is 67.0 Å². The molecule has 1 aliphatic heterocycles. The van der Waals surface area contributed by atoms with Gasteiger partial charge in [-0.05, 0) is 37.8 Å². The molecule has 7 nitrogen and oxygen atoms in total. The molecule has 1 aromatic heterocycles. The highest BCUT2D eigenvalue weighted by Crippen LogP contribution is 2.42. The number of para-hydroxylation sites is 1. The Balaban J connectivity index is 1.26. The van der Waals surface area contributed by atoms with E-state index in [2.05, 4.69) is 15.6 Å². The highest BCUT2D eigenvalue weighted by atomic mass is 16.2. The van der Waals surface area contributed by atoms with Crippen LogP contribution in [0.4, 0.5) is 0 Å². The molecule has 2 heterocycles. The molecule has 2 amide bonds. The lowest BCUT2D eigenvalue weighted by Gasteiger charge is -2.24. The van der Waals surface area contributed by atoms with E-state index in [4.69, 9.17) is 0 Å². The standard InChI is InChI=1S/C22H27N5O2/c28-19-12-15(14-26(19)17-6-4-5-7-17)13-23-22(29)20-21(16-10-11-16)27(25-24-20)18-8-2-1-3-9-18/h1-3,8-9,15-17H,4-7,10-14H2,(H,23,29). The zero-order valence-electron chi connectivity index (χ0n) is 16.6. The second kappa shape index (κ2) is 7.61. The monoisotopic (exact) mass is 393 g/mol. The van der Waals surface area contributed by atoms with Crippen LogP contribution in [-0.4, -0.2) is 50.8 Å². The molecule has 29 heavy (non-hydrogen) atoms. The number of hydrogen-bond acceptors (Lipinski definition) is 4. The molecule has 2 saturated carbocycles. The molecule has 7 heteroatoms. The Morgan fingerprint density at radius 2 is 1.86 bits per heavy atom. The van der Waals surface area contributed by atoms with E-state index in [1.165, 1.54) is 12.8 Å². The Morgan fingerprint density at radius 1 is 1.10 bits per heavy atom. The number of benzene rings is 1. The number of nitrogens with one attached hydrogen (secondary N) is 1. The summed E-state index contributed by atoms with van der Waals surface area (Å²) in [7, 11) is 0. The van der Waals surface area contributed by atoms with Gasteiger partial charge in [0, 0.05) is 37.4 Å². The van der Waals surface area contributed by atoms with Crippen LogP contribution in [0.25, 0.3) is 5.69 Å². The lowest BCUT2D eigenvalue weighted by molar-refractivity contribution is -0.129. The third-order valence-electron chi connectivity index (χ3n) is 6.44. The van der Waals surface area contributed by atoms with Gasteiger partial charge in [0.15, 0.2) is 5.69 Å². The van der Waals surface area contributed by atoms with Crippen LogP contribution >= 0.6 is 0 Å². The quantitative estimate of drug-likeness (QED) is 0.818. The molecular weight excluding hydrogens is 366 g/mol. The molecule has 5 rings (SSSR count). The van der Waals surface area contributed by atoms with Crippen LogP contribution in [-0.2, 0) is 4.79 Å². The number of hydrogen-bond donors (Lipinski definition) is 1. The molecule has 1 atom stereocenters. The first-order chi connectivity index (χ1) is 14.2. The van der Waals surface area contributed by atoms with Gasteiger partial charge in [-0.1, -0.05) is 36.3 Å². The molecule has 1 saturated heterocycles. The van der Waals surface area contributed by atoms with Gasteiger partial charge in [-0.3, -0.25) is 9.59 Å². The van der Waals surface area contributed by atoms with Crippen LogP contribution in [0, 0.1) is 5.92 Å². The van der Waals surface area contributed by atoms with Crippen LogP contribution in [0.2, 0.25) is 0 Å². The number of carbonyl (C=O) groups excluding carboxylic acids is 2. The summed E-state index contributed by atoms with van der Waals surface area (Å²) in [4.78, 5) is 27.3. The minimum Gasteiger partial charge on any atom is -0.350 e. The van der Waals surface area contributed by atoms with Crippen LogP contribution in [0.15, 0.2) is 30.3 Å². The normalized spacial score (nSPS) is 22.4. The first-order valence-electron chi connectivity index (χ1n) is 10.8. The SMILES string of the molecule is O=C(NCC1CC(=O)N(C2CCCC2)C1)c1nnn(-c2ccccc2)c1C1CC1. The van der Waals surface area contributed by atoms with Gasteiger partial charge < -0.3 is 10.2 Å². The van der Waals surface area contributed by atoms with Crippen LogP contribution in [0.5, 0.6) is 0 Å². The second-order valence-electron chi connectivity index (χ2n) is 8.61. The Bertz CT molecular complexity index is 899. The van der Waals surface area contributed by atoms with Gasteiger partial charge in [-0.2, -0.15) is 0 Å². The maximum atomic E-state index is 12.9. The van der Waals surface area contributed by atoms with Crippen molar-refractivity contribution in [1.29, 1.82) is 0 Å². The van der Waals surface area contributed by atoms with E-state index < -0.39 is 0 Å². The highest BCUT2D eigenvalue weighted by Gasteiger charge is 2.37. The molecule has 0 radical (unpaired) electrons. The second-order valence-corrected chi connectivity index (χ2v) is 8.61. The molecule has 1 N–H and O–H groups in total. The summed E-state index contributed by atoms with van der Waals surface area (Å²) in [6, 6.07) is 10.2. The summed E-state index contributed by atoms with van der Waals surface area (Å²) < 4.78 is 1.80. The van der Waals surface area contributed by atoms with Crippen molar-refractivity contribution in [3.05, 3.63) is 41.7 Å². The predicted molar refractivity (Wildman–Crippen MR) is 108 cm³/mol. The van der Waals surface area contributed by atoms with Crippen LogP contribution < -0.4 is 5.32 Å². The number of carbonyl (C=O) groups is 2. The van der Waals surface area contributed by atoms with E-state index in [0.717, 1.165) is 43.6 Å². The lowest BCUT2D eigenvalue weighted by atomic mass is 10.1. The molecule has 1 aromatic carbocycles. The molecule has 1 unspecified atom stereocenters. The zero-order valence-corrected chi connectivity index (χ0v) is 16.6. The van der Waals surface area contributed by atoms with Gasteiger partial charge in [0.05, 0.1) is 11.4 Å². The van der Waals surface area contributed by atoms with Crippen molar-refractivity contribution in [3.8, 4) is 5.69 Å². The summed E-state index contributed by atoms with van der Waals surface area (Å²) >= 11 is 0. The summed E-state index contributed by atoms with van der Waals surface area (Å²) in [5, 5.41) is 11.5. The molecule has 0 bridgehead atoms. The fourth-order valence-electron chi connectivity index (χ4n) is 4.77. The number of aromatic nitrogens is 3. The molecule has 152 valence electrons. The van der Waals surface area contributed by atoms with Gasteiger partial charge in [0.25, 0.3) is 5.91 Å². The summed E-state index contributed by atoms with van der Waals surface area (Å²) in [5.41, 5.74) is 2.26. The molecule has 2 aromatic rings. The van der Waals surface area contributed by atoms with E-state index in [-0.39, 0.29) is 17.7 Å². The van der Waals surface area contributed by atoms with Crippen molar-refractivity contribution in [1.82, 2.24) is 25.2 Å². The van der Waals surface area contributed by atoms with Gasteiger partial charge in [-0.15, -0.1) is 5.10 Å². The van der Waals surface area contributed by atoms with Gasteiger partial charge >= 0.3 is 0 Å². The number of likely N-dealkylation sites (tertiary alicyclic amines) is 1. The van der Waals surface area contributed by atoms with E-state index in [1.807, 2.05) is 35.2 Å². The molecule has 3 fully saturated rings. The number of rotatable bonds is 6. The van der Waals surface area contributed by atoms with E-state index in [1.54, 1.807) is 4.68 Å². The molecule has 3 aliphatic rings. The largest absolute Gasteiger partial charge is 0.350 e. The summed E-state index contributed by atoms with van der Waals surface area (Å²) in [6.45, 7) is 1.27. The number of amides is 2. The Morgan fingerprint density at radius 3 is 2.59 bits per heavy atom. The van der Waals surface area contributed by atoms with Crippen molar-refractivity contribution in [2.75, 3.05) is 13.1 Å².